The monoisotopic (exact) mass is 336 g/mol. The van der Waals surface area contributed by atoms with Crippen LogP contribution in [0.15, 0.2) is 75.9 Å². The summed E-state index contributed by atoms with van der Waals surface area (Å²) in [6.07, 6.45) is 0. The third kappa shape index (κ3) is 2.63. The van der Waals surface area contributed by atoms with Crippen LogP contribution in [0.25, 0.3) is 21.7 Å². The van der Waals surface area contributed by atoms with Gasteiger partial charge in [0.1, 0.15) is 17.9 Å². The molecule has 3 aromatic carbocycles. The molecule has 4 aromatic rings. The zero-order valence-electron chi connectivity index (χ0n) is 12.7. The lowest BCUT2D eigenvalue weighted by atomic mass is 10.1. The molecule has 4 heteroatoms. The summed E-state index contributed by atoms with van der Waals surface area (Å²) in [7, 11) is 0. The number of benzene rings is 3. The lowest BCUT2D eigenvalue weighted by molar-refractivity contribution is 0.306. The molecule has 24 heavy (non-hydrogen) atoms. The smallest absolute Gasteiger partial charge is 0.344 e. The van der Waals surface area contributed by atoms with Crippen LogP contribution >= 0.6 is 11.6 Å². The maximum atomic E-state index is 12.1. The van der Waals surface area contributed by atoms with Crippen LogP contribution in [0.2, 0.25) is 5.02 Å². The van der Waals surface area contributed by atoms with Crippen molar-refractivity contribution in [3.8, 4) is 5.75 Å². The molecule has 0 amide bonds. The molecule has 0 spiro atoms. The van der Waals surface area contributed by atoms with Crippen molar-refractivity contribution in [3.63, 3.8) is 0 Å². The van der Waals surface area contributed by atoms with Gasteiger partial charge >= 0.3 is 5.63 Å². The van der Waals surface area contributed by atoms with Gasteiger partial charge in [-0.3, -0.25) is 0 Å². The van der Waals surface area contributed by atoms with Gasteiger partial charge in [0.2, 0.25) is 0 Å². The van der Waals surface area contributed by atoms with Crippen molar-refractivity contribution in [2.24, 2.45) is 0 Å². The average molecular weight is 337 g/mol. The molecule has 0 aliphatic rings. The zero-order valence-corrected chi connectivity index (χ0v) is 13.4. The Morgan fingerprint density at radius 2 is 1.62 bits per heavy atom. The average Bonchev–Trinajstić information content (AvgIpc) is 2.61. The van der Waals surface area contributed by atoms with Gasteiger partial charge < -0.3 is 9.15 Å². The second-order valence-electron chi connectivity index (χ2n) is 5.47. The van der Waals surface area contributed by atoms with E-state index in [0.29, 0.717) is 28.3 Å². The molecule has 0 unspecified atom stereocenters. The summed E-state index contributed by atoms with van der Waals surface area (Å²) in [6.45, 7) is 0.350. The predicted octanol–water partition coefficient (Wildman–Crippen LogP) is 5.18. The SMILES string of the molecule is O=c1oc2cc(OCc3ccccc3Cl)ccc2c2ccccc12. The number of fused-ring (bicyclic) bond motifs is 3. The number of hydrogen-bond donors (Lipinski definition) is 0. The van der Waals surface area contributed by atoms with Gasteiger partial charge in [-0.25, -0.2) is 4.79 Å². The van der Waals surface area contributed by atoms with Crippen molar-refractivity contribution in [1.29, 1.82) is 0 Å². The van der Waals surface area contributed by atoms with E-state index in [0.717, 1.165) is 16.3 Å². The van der Waals surface area contributed by atoms with Crippen LogP contribution in [-0.2, 0) is 6.61 Å². The van der Waals surface area contributed by atoms with Crippen LogP contribution in [-0.4, -0.2) is 0 Å². The minimum absolute atomic E-state index is 0.346. The van der Waals surface area contributed by atoms with E-state index >= 15 is 0 Å². The van der Waals surface area contributed by atoms with E-state index in [1.807, 2.05) is 54.6 Å². The fraction of sp³-hybridized carbons (Fsp3) is 0.0500. The number of ether oxygens (including phenoxy) is 1. The first-order valence-corrected chi connectivity index (χ1v) is 7.92. The maximum Gasteiger partial charge on any atom is 0.344 e. The zero-order chi connectivity index (χ0) is 16.5. The van der Waals surface area contributed by atoms with Crippen molar-refractivity contribution in [3.05, 3.63) is 87.7 Å². The highest BCUT2D eigenvalue weighted by Gasteiger charge is 2.08. The summed E-state index contributed by atoms with van der Waals surface area (Å²) in [5.41, 5.74) is 1.07. The number of hydrogen-bond acceptors (Lipinski definition) is 3. The third-order valence-corrected chi connectivity index (χ3v) is 4.31. The Hall–Kier alpha value is -2.78. The first kappa shape index (κ1) is 14.8. The second-order valence-corrected chi connectivity index (χ2v) is 5.88. The van der Waals surface area contributed by atoms with E-state index in [1.165, 1.54) is 0 Å². The molecule has 0 saturated carbocycles. The Kier molecular flexibility index (Phi) is 3.71. The molecule has 0 radical (unpaired) electrons. The molecule has 0 saturated heterocycles. The summed E-state index contributed by atoms with van der Waals surface area (Å²) >= 11 is 6.13. The third-order valence-electron chi connectivity index (χ3n) is 3.95. The minimum atomic E-state index is -0.346. The molecule has 0 aliphatic heterocycles. The lowest BCUT2D eigenvalue weighted by Gasteiger charge is -2.09. The van der Waals surface area contributed by atoms with Gasteiger partial charge in [-0.1, -0.05) is 48.0 Å². The van der Waals surface area contributed by atoms with Gasteiger partial charge in [-0.2, -0.15) is 0 Å². The molecule has 0 N–H and O–H groups in total. The first-order valence-electron chi connectivity index (χ1n) is 7.54. The van der Waals surface area contributed by atoms with E-state index in [-0.39, 0.29) is 5.63 Å². The Morgan fingerprint density at radius 3 is 2.46 bits per heavy atom. The van der Waals surface area contributed by atoms with Gasteiger partial charge in [-0.05, 0) is 29.7 Å². The minimum Gasteiger partial charge on any atom is -0.489 e. The van der Waals surface area contributed by atoms with Crippen molar-refractivity contribution in [2.45, 2.75) is 6.61 Å². The summed E-state index contributed by atoms with van der Waals surface area (Å²) in [4.78, 5) is 12.1. The summed E-state index contributed by atoms with van der Waals surface area (Å²) < 4.78 is 11.2. The Morgan fingerprint density at radius 1 is 0.875 bits per heavy atom. The van der Waals surface area contributed by atoms with Crippen molar-refractivity contribution in [1.82, 2.24) is 0 Å². The molecule has 0 fully saturated rings. The number of rotatable bonds is 3. The largest absolute Gasteiger partial charge is 0.489 e. The topological polar surface area (TPSA) is 39.4 Å². The highest BCUT2D eigenvalue weighted by molar-refractivity contribution is 6.31. The summed E-state index contributed by atoms with van der Waals surface area (Å²) in [6, 6.07) is 20.4. The van der Waals surface area contributed by atoms with Gasteiger partial charge in [0.15, 0.2) is 0 Å². The number of halogens is 1. The molecule has 0 aliphatic carbocycles. The highest BCUT2D eigenvalue weighted by atomic mass is 35.5. The predicted molar refractivity (Wildman–Crippen MR) is 95.8 cm³/mol. The fourth-order valence-corrected chi connectivity index (χ4v) is 2.92. The summed E-state index contributed by atoms with van der Waals surface area (Å²) in [5.74, 6) is 0.626. The maximum absolute atomic E-state index is 12.1. The second kappa shape index (κ2) is 6.02. The van der Waals surface area contributed by atoms with E-state index in [9.17, 15) is 4.79 Å². The Labute approximate surface area is 143 Å². The van der Waals surface area contributed by atoms with E-state index in [2.05, 4.69) is 0 Å². The van der Waals surface area contributed by atoms with Gasteiger partial charge in [0.05, 0.1) is 5.39 Å². The molecular weight excluding hydrogens is 324 g/mol. The first-order chi connectivity index (χ1) is 11.7. The Bertz CT molecular complexity index is 1100. The highest BCUT2D eigenvalue weighted by Crippen LogP contribution is 2.27. The van der Waals surface area contributed by atoms with Gasteiger partial charge in [0.25, 0.3) is 0 Å². The van der Waals surface area contributed by atoms with Gasteiger partial charge in [0, 0.05) is 22.0 Å². The molecule has 0 bridgehead atoms. The van der Waals surface area contributed by atoms with Gasteiger partial charge in [-0.15, -0.1) is 0 Å². The molecule has 1 heterocycles. The van der Waals surface area contributed by atoms with Crippen LogP contribution in [0.5, 0.6) is 5.75 Å². The van der Waals surface area contributed by atoms with E-state index < -0.39 is 0 Å². The van der Waals surface area contributed by atoms with Crippen molar-refractivity contribution < 1.29 is 9.15 Å². The molecule has 0 atom stereocenters. The van der Waals surface area contributed by atoms with Crippen LogP contribution in [0.1, 0.15) is 5.56 Å². The molecule has 1 aromatic heterocycles. The van der Waals surface area contributed by atoms with E-state index in [4.69, 9.17) is 20.8 Å². The van der Waals surface area contributed by atoms with Crippen LogP contribution in [0.3, 0.4) is 0 Å². The van der Waals surface area contributed by atoms with Crippen LogP contribution < -0.4 is 10.4 Å². The molecule has 118 valence electrons. The standard InChI is InChI=1S/C20H13ClO3/c21-18-8-4-1-5-13(18)12-23-14-9-10-16-15-6-2-3-7-17(15)20(22)24-19(16)11-14/h1-11H,12H2. The van der Waals surface area contributed by atoms with E-state index in [1.54, 1.807) is 12.1 Å². The van der Waals surface area contributed by atoms with Crippen LogP contribution in [0.4, 0.5) is 0 Å². The quantitative estimate of drug-likeness (QED) is 0.382. The fourth-order valence-electron chi connectivity index (χ4n) is 2.73. The summed E-state index contributed by atoms with van der Waals surface area (Å²) in [5, 5.41) is 3.00. The molecule has 3 nitrogen and oxygen atoms in total. The lowest BCUT2D eigenvalue weighted by Crippen LogP contribution is -2.00. The van der Waals surface area contributed by atoms with Crippen molar-refractivity contribution >= 4 is 33.3 Å². The molecular formula is C20H13ClO3. The van der Waals surface area contributed by atoms with Crippen molar-refractivity contribution in [2.75, 3.05) is 0 Å². The Balaban J connectivity index is 1.72. The molecule has 4 rings (SSSR count). The normalized spacial score (nSPS) is 11.0. The van der Waals surface area contributed by atoms with Crippen LogP contribution in [0, 0.1) is 0 Å².